The van der Waals surface area contributed by atoms with E-state index in [2.05, 4.69) is 20.2 Å². The van der Waals surface area contributed by atoms with Crippen LogP contribution in [0.5, 0.6) is 0 Å². The molecular weight excluding hydrogens is 428 g/mol. The number of piperidine rings is 2. The number of anilines is 1. The topological polar surface area (TPSA) is 104 Å². The summed E-state index contributed by atoms with van der Waals surface area (Å²) in [6.45, 7) is 4.10. The Labute approximate surface area is 201 Å². The summed E-state index contributed by atoms with van der Waals surface area (Å²) in [4.78, 5) is 38.2. The molecule has 180 valence electrons. The van der Waals surface area contributed by atoms with Gasteiger partial charge in [0.2, 0.25) is 11.8 Å². The number of hydrogen-bond acceptors (Lipinski definition) is 6. The summed E-state index contributed by atoms with van der Waals surface area (Å²) in [7, 11) is 1.63. The summed E-state index contributed by atoms with van der Waals surface area (Å²) in [5, 5.41) is 2.67. The van der Waals surface area contributed by atoms with Gasteiger partial charge in [-0.2, -0.15) is 0 Å². The molecule has 2 aromatic rings. The van der Waals surface area contributed by atoms with E-state index in [-0.39, 0.29) is 23.7 Å². The van der Waals surface area contributed by atoms with Gasteiger partial charge in [0.1, 0.15) is 5.82 Å². The number of nitrogens with zero attached hydrogens (tertiary/aromatic N) is 4. The molecule has 2 saturated heterocycles. The van der Waals surface area contributed by atoms with E-state index in [4.69, 9.17) is 5.73 Å². The highest BCUT2D eigenvalue weighted by molar-refractivity contribution is 5.95. The highest BCUT2D eigenvalue weighted by Crippen LogP contribution is 2.32. The molecular formula is C26H34N6O2. The third-order valence-corrected chi connectivity index (χ3v) is 6.93. The lowest BCUT2D eigenvalue weighted by atomic mass is 9.85. The van der Waals surface area contributed by atoms with Crippen molar-refractivity contribution in [1.82, 2.24) is 25.1 Å². The quantitative estimate of drug-likeness (QED) is 0.639. The van der Waals surface area contributed by atoms with Crippen LogP contribution in [0, 0.1) is 11.8 Å². The van der Waals surface area contributed by atoms with Gasteiger partial charge >= 0.3 is 0 Å². The maximum Gasteiger partial charge on any atom is 0.244 e. The third kappa shape index (κ3) is 5.99. The Hall–Kier alpha value is -3.26. The number of amides is 2. The molecule has 2 fully saturated rings. The van der Waals surface area contributed by atoms with Crippen molar-refractivity contribution >= 4 is 23.2 Å². The van der Waals surface area contributed by atoms with Gasteiger partial charge in [-0.3, -0.25) is 19.5 Å². The molecule has 8 heteroatoms. The second-order valence-electron chi connectivity index (χ2n) is 9.17. The summed E-state index contributed by atoms with van der Waals surface area (Å²) >= 11 is 0. The molecule has 2 aromatic heterocycles. The predicted molar refractivity (Wildman–Crippen MR) is 132 cm³/mol. The molecule has 0 aliphatic carbocycles. The number of allylic oxidation sites excluding steroid dienone is 1. The minimum atomic E-state index is -0.125. The van der Waals surface area contributed by atoms with Crippen molar-refractivity contribution in [2.75, 3.05) is 39.0 Å². The second-order valence-corrected chi connectivity index (χ2v) is 9.17. The van der Waals surface area contributed by atoms with Crippen molar-refractivity contribution in [3.8, 4) is 0 Å². The minimum absolute atomic E-state index is 0.0898. The van der Waals surface area contributed by atoms with Crippen molar-refractivity contribution in [3.05, 3.63) is 60.1 Å². The van der Waals surface area contributed by atoms with E-state index in [1.165, 1.54) is 0 Å². The van der Waals surface area contributed by atoms with E-state index in [9.17, 15) is 9.59 Å². The number of carbonyl (C=O) groups is 2. The Kier molecular flexibility index (Phi) is 7.90. The fourth-order valence-corrected chi connectivity index (χ4v) is 5.01. The van der Waals surface area contributed by atoms with E-state index in [0.717, 1.165) is 75.2 Å². The van der Waals surface area contributed by atoms with Gasteiger partial charge in [0, 0.05) is 51.1 Å². The smallest absolute Gasteiger partial charge is 0.244 e. The van der Waals surface area contributed by atoms with Crippen LogP contribution in [0.4, 0.5) is 5.82 Å². The van der Waals surface area contributed by atoms with Gasteiger partial charge in [-0.1, -0.05) is 6.07 Å². The number of hydrogen-bond donors (Lipinski definition) is 2. The summed E-state index contributed by atoms with van der Waals surface area (Å²) < 4.78 is 0. The van der Waals surface area contributed by atoms with Gasteiger partial charge in [0.05, 0.1) is 5.69 Å². The summed E-state index contributed by atoms with van der Waals surface area (Å²) in [5.41, 5.74) is 8.74. The molecule has 2 aliphatic heterocycles. The fourth-order valence-electron chi connectivity index (χ4n) is 5.01. The monoisotopic (exact) mass is 462 g/mol. The van der Waals surface area contributed by atoms with Gasteiger partial charge in [0.25, 0.3) is 0 Å². The van der Waals surface area contributed by atoms with E-state index in [1.54, 1.807) is 25.5 Å². The molecule has 3 N–H and O–H groups in total. The van der Waals surface area contributed by atoms with E-state index >= 15 is 0 Å². The first-order valence-corrected chi connectivity index (χ1v) is 12.1. The first-order valence-electron chi connectivity index (χ1n) is 12.1. The molecule has 0 spiro atoms. The lowest BCUT2D eigenvalue weighted by molar-refractivity contribution is -0.138. The zero-order valence-electron chi connectivity index (χ0n) is 19.8. The number of nitrogens with one attached hydrogen (secondary N) is 1. The van der Waals surface area contributed by atoms with Gasteiger partial charge in [-0.25, -0.2) is 4.98 Å². The molecule has 2 aliphatic rings. The zero-order chi connectivity index (χ0) is 23.9. The van der Waals surface area contributed by atoms with Crippen molar-refractivity contribution in [2.45, 2.75) is 32.2 Å². The van der Waals surface area contributed by atoms with Crippen molar-refractivity contribution in [2.24, 2.45) is 11.8 Å². The van der Waals surface area contributed by atoms with E-state index < -0.39 is 0 Å². The Morgan fingerprint density at radius 3 is 2.41 bits per heavy atom. The lowest BCUT2D eigenvalue weighted by Crippen LogP contribution is -2.45. The number of likely N-dealkylation sites (tertiary alicyclic amines) is 2. The highest BCUT2D eigenvalue weighted by atomic mass is 16.2. The maximum absolute atomic E-state index is 13.2. The normalized spacial score (nSPS) is 18.6. The van der Waals surface area contributed by atoms with Gasteiger partial charge in [0.15, 0.2) is 0 Å². The molecule has 34 heavy (non-hydrogen) atoms. The largest absolute Gasteiger partial charge is 0.384 e. The van der Waals surface area contributed by atoms with Crippen LogP contribution in [0.3, 0.4) is 0 Å². The molecule has 0 atom stereocenters. The van der Waals surface area contributed by atoms with E-state index in [0.29, 0.717) is 5.82 Å². The number of nitrogen functional groups attached to an aromatic ring is 1. The molecule has 0 unspecified atom stereocenters. The third-order valence-electron chi connectivity index (χ3n) is 6.93. The minimum Gasteiger partial charge on any atom is -0.384 e. The number of pyridine rings is 2. The molecule has 8 nitrogen and oxygen atoms in total. The predicted octanol–water partition coefficient (Wildman–Crippen LogP) is 2.34. The Bertz CT molecular complexity index is 1010. The average Bonchev–Trinajstić information content (AvgIpc) is 2.88. The van der Waals surface area contributed by atoms with Crippen LogP contribution >= 0.6 is 0 Å². The number of carbonyl (C=O) groups excluding carboxylic acids is 2. The Balaban J connectivity index is 1.30. The Morgan fingerprint density at radius 1 is 1.03 bits per heavy atom. The lowest BCUT2D eigenvalue weighted by Gasteiger charge is -2.37. The molecule has 0 saturated carbocycles. The number of rotatable bonds is 6. The van der Waals surface area contributed by atoms with Crippen LogP contribution in [0.1, 0.15) is 36.9 Å². The van der Waals surface area contributed by atoms with Crippen LogP contribution in [0.25, 0.3) is 5.57 Å². The number of likely N-dealkylation sites (N-methyl/N-ethyl adjacent to an activating group) is 1. The van der Waals surface area contributed by atoms with Gasteiger partial charge in [-0.05, 0) is 80.1 Å². The van der Waals surface area contributed by atoms with Crippen molar-refractivity contribution in [3.63, 3.8) is 0 Å². The zero-order valence-corrected chi connectivity index (χ0v) is 19.8. The molecule has 0 radical (unpaired) electrons. The summed E-state index contributed by atoms with van der Waals surface area (Å²) in [6, 6.07) is 9.67. The van der Waals surface area contributed by atoms with Crippen LogP contribution in [0.2, 0.25) is 0 Å². The van der Waals surface area contributed by atoms with Crippen LogP contribution in [-0.2, 0) is 16.1 Å². The fraction of sp³-hybridized carbons (Fsp3) is 0.462. The van der Waals surface area contributed by atoms with Crippen LogP contribution in [-0.4, -0.2) is 64.8 Å². The first kappa shape index (κ1) is 23.9. The first-order chi connectivity index (χ1) is 16.5. The van der Waals surface area contributed by atoms with Crippen LogP contribution in [0.15, 0.2) is 48.8 Å². The number of aromatic nitrogens is 2. The SMILES string of the molecule is CNC(=O)/C=C(/c1ccccn1)C1CCN(C(=O)C2CCN(Cc3ccnc(N)c3)CC2)CC1. The molecule has 2 amide bonds. The second kappa shape index (κ2) is 11.2. The maximum atomic E-state index is 13.2. The number of nitrogens with two attached hydrogens (primary N) is 1. The van der Waals surface area contributed by atoms with E-state index in [1.807, 2.05) is 35.2 Å². The summed E-state index contributed by atoms with van der Waals surface area (Å²) in [6.07, 6.45) is 8.61. The average molecular weight is 463 g/mol. The summed E-state index contributed by atoms with van der Waals surface area (Å²) in [5.74, 6) is 1.00. The van der Waals surface area contributed by atoms with Crippen LogP contribution < -0.4 is 11.1 Å². The molecule has 0 bridgehead atoms. The molecule has 4 heterocycles. The van der Waals surface area contributed by atoms with Gasteiger partial charge < -0.3 is 16.0 Å². The van der Waals surface area contributed by atoms with Crippen molar-refractivity contribution in [1.29, 1.82) is 0 Å². The Morgan fingerprint density at radius 2 is 1.76 bits per heavy atom. The molecule has 0 aromatic carbocycles. The van der Waals surface area contributed by atoms with Crippen molar-refractivity contribution < 1.29 is 9.59 Å². The standard InChI is InChI=1S/C26H34N6O2/c1-28-25(33)17-22(23-4-2-3-10-29-23)20-8-14-32(15-9-20)26(34)21-6-12-31(13-7-21)18-19-5-11-30-24(27)16-19/h2-5,10-11,16-17,20-21H,6-9,12-15,18H2,1H3,(H2,27,30)(H,28,33)/b22-17+. The highest BCUT2D eigenvalue weighted by Gasteiger charge is 2.32. The van der Waals surface area contributed by atoms with Gasteiger partial charge in [-0.15, -0.1) is 0 Å². The molecule has 4 rings (SSSR count).